The van der Waals surface area contributed by atoms with E-state index in [-0.39, 0.29) is 24.3 Å². The summed E-state index contributed by atoms with van der Waals surface area (Å²) in [4.78, 5) is 13.7. The maximum atomic E-state index is 13.2. The Hall–Kier alpha value is -2.28. The van der Waals surface area contributed by atoms with Crippen molar-refractivity contribution in [2.75, 3.05) is 6.54 Å². The molecule has 1 aromatic heterocycles. The topological polar surface area (TPSA) is 53.7 Å². The van der Waals surface area contributed by atoms with Crippen molar-refractivity contribution in [2.24, 2.45) is 0 Å². The average molecular weight is 325 g/mol. The van der Waals surface area contributed by atoms with E-state index >= 15 is 0 Å². The van der Waals surface area contributed by atoms with Gasteiger partial charge in [-0.25, -0.2) is 0 Å². The second kappa shape index (κ2) is 5.73. The van der Waals surface area contributed by atoms with Gasteiger partial charge in [0.25, 0.3) is 5.91 Å². The molecule has 4 nitrogen and oxygen atoms in total. The van der Waals surface area contributed by atoms with Crippen molar-refractivity contribution in [3.05, 3.63) is 59.5 Å². The first-order valence-electron chi connectivity index (χ1n) is 7.06. The van der Waals surface area contributed by atoms with Crippen LogP contribution >= 0.6 is 0 Å². The molecule has 7 heteroatoms. The molecule has 2 atom stereocenters. The Morgan fingerprint density at radius 2 is 1.96 bits per heavy atom. The summed E-state index contributed by atoms with van der Waals surface area (Å²) < 4.78 is 44.7. The maximum Gasteiger partial charge on any atom is 0.416 e. The third-order valence-electron chi connectivity index (χ3n) is 3.90. The van der Waals surface area contributed by atoms with E-state index < -0.39 is 29.8 Å². The van der Waals surface area contributed by atoms with Crippen LogP contribution in [0.1, 0.15) is 34.1 Å². The second-order valence-corrected chi connectivity index (χ2v) is 5.43. The maximum absolute atomic E-state index is 13.2. The molecule has 0 spiro atoms. The van der Waals surface area contributed by atoms with Crippen LogP contribution in [0.15, 0.2) is 47.1 Å². The Morgan fingerprint density at radius 1 is 1.22 bits per heavy atom. The van der Waals surface area contributed by atoms with Crippen LogP contribution in [-0.2, 0) is 6.18 Å². The molecular formula is C16H14F3NO3. The number of likely N-dealkylation sites (tertiary alicyclic amines) is 1. The molecule has 1 amide bonds. The van der Waals surface area contributed by atoms with Gasteiger partial charge in [0.05, 0.1) is 24.0 Å². The fraction of sp³-hybridized carbons (Fsp3) is 0.312. The molecule has 1 N–H and O–H groups in total. The molecule has 2 heterocycles. The lowest BCUT2D eigenvalue weighted by atomic mass is 9.97. The molecule has 0 radical (unpaired) electrons. The standard InChI is InChI=1S/C16H14F3NO3/c17-16(18,19)12-5-2-1-4-11(12)13-8-10(21)9-20(13)15(22)14-6-3-7-23-14/h1-7,10,13,21H,8-9H2/t10-,13-/m1/s1. The summed E-state index contributed by atoms with van der Waals surface area (Å²) >= 11 is 0. The zero-order chi connectivity index (χ0) is 16.6. The number of halogens is 3. The monoisotopic (exact) mass is 325 g/mol. The number of carbonyl (C=O) groups is 1. The van der Waals surface area contributed by atoms with E-state index in [1.165, 1.54) is 41.5 Å². The molecular weight excluding hydrogens is 311 g/mol. The van der Waals surface area contributed by atoms with Crippen molar-refractivity contribution in [3.8, 4) is 0 Å². The molecule has 1 saturated heterocycles. The van der Waals surface area contributed by atoms with E-state index in [9.17, 15) is 23.1 Å². The molecule has 3 rings (SSSR count). The number of hydrogen-bond donors (Lipinski definition) is 1. The van der Waals surface area contributed by atoms with Crippen LogP contribution in [0.4, 0.5) is 13.2 Å². The molecule has 1 aliphatic heterocycles. The molecule has 122 valence electrons. The Labute approximate surface area is 130 Å². The van der Waals surface area contributed by atoms with Crippen LogP contribution in [0.25, 0.3) is 0 Å². The average Bonchev–Trinajstić information content (AvgIpc) is 3.15. The van der Waals surface area contributed by atoms with Gasteiger partial charge in [-0.2, -0.15) is 13.2 Å². The number of nitrogens with zero attached hydrogens (tertiary/aromatic N) is 1. The van der Waals surface area contributed by atoms with Gasteiger partial charge in [0.2, 0.25) is 0 Å². The second-order valence-electron chi connectivity index (χ2n) is 5.43. The minimum Gasteiger partial charge on any atom is -0.459 e. The van der Waals surface area contributed by atoms with Gasteiger partial charge in [-0.3, -0.25) is 4.79 Å². The van der Waals surface area contributed by atoms with E-state index in [1.807, 2.05) is 0 Å². The van der Waals surface area contributed by atoms with E-state index in [0.717, 1.165) is 6.07 Å². The summed E-state index contributed by atoms with van der Waals surface area (Å²) in [6.07, 6.45) is -4.03. The molecule has 0 saturated carbocycles. The van der Waals surface area contributed by atoms with Crippen molar-refractivity contribution in [1.82, 2.24) is 4.90 Å². The van der Waals surface area contributed by atoms with Crippen LogP contribution in [0.2, 0.25) is 0 Å². The molecule has 2 aromatic rings. The number of amides is 1. The number of alkyl halides is 3. The number of furan rings is 1. The third-order valence-corrected chi connectivity index (χ3v) is 3.90. The normalized spacial score (nSPS) is 21.7. The van der Waals surface area contributed by atoms with Crippen molar-refractivity contribution in [1.29, 1.82) is 0 Å². The largest absolute Gasteiger partial charge is 0.459 e. The van der Waals surface area contributed by atoms with Crippen LogP contribution in [0.3, 0.4) is 0 Å². The fourth-order valence-corrected chi connectivity index (χ4v) is 2.92. The minimum absolute atomic E-state index is 0.0172. The third kappa shape index (κ3) is 2.96. The summed E-state index contributed by atoms with van der Waals surface area (Å²) in [6.45, 7) is -0.0314. The first-order chi connectivity index (χ1) is 10.9. The summed E-state index contributed by atoms with van der Waals surface area (Å²) in [7, 11) is 0. The van der Waals surface area contributed by atoms with Gasteiger partial charge in [0, 0.05) is 6.54 Å². The smallest absolute Gasteiger partial charge is 0.416 e. The number of β-amino-alcohol motifs (C(OH)–C–C–N with tert-alkyl or cyclic N) is 1. The summed E-state index contributed by atoms with van der Waals surface area (Å²) in [6, 6.07) is 7.24. The van der Waals surface area contributed by atoms with Gasteiger partial charge in [-0.05, 0) is 30.2 Å². The van der Waals surface area contributed by atoms with Crippen molar-refractivity contribution >= 4 is 5.91 Å². The number of aliphatic hydroxyl groups is 1. The van der Waals surface area contributed by atoms with Crippen molar-refractivity contribution < 1.29 is 27.5 Å². The lowest BCUT2D eigenvalue weighted by Gasteiger charge is -2.26. The fourth-order valence-electron chi connectivity index (χ4n) is 2.92. The van der Waals surface area contributed by atoms with Crippen molar-refractivity contribution in [2.45, 2.75) is 24.7 Å². The van der Waals surface area contributed by atoms with Crippen LogP contribution in [0, 0.1) is 0 Å². The summed E-state index contributed by atoms with van der Waals surface area (Å²) in [5.41, 5.74) is -0.812. The first-order valence-corrected chi connectivity index (χ1v) is 7.06. The molecule has 0 unspecified atom stereocenters. The van der Waals surface area contributed by atoms with Gasteiger partial charge < -0.3 is 14.4 Å². The Bertz CT molecular complexity index is 697. The van der Waals surface area contributed by atoms with Crippen LogP contribution in [-0.4, -0.2) is 28.6 Å². The number of hydrogen-bond acceptors (Lipinski definition) is 3. The van der Waals surface area contributed by atoms with Gasteiger partial charge in [0.1, 0.15) is 0 Å². The van der Waals surface area contributed by atoms with E-state index in [0.29, 0.717) is 0 Å². The first kappa shape index (κ1) is 15.6. The van der Waals surface area contributed by atoms with E-state index in [4.69, 9.17) is 4.42 Å². The van der Waals surface area contributed by atoms with Crippen LogP contribution in [0.5, 0.6) is 0 Å². The van der Waals surface area contributed by atoms with Gasteiger partial charge in [-0.15, -0.1) is 0 Å². The molecule has 1 aromatic carbocycles. The zero-order valence-corrected chi connectivity index (χ0v) is 12.0. The van der Waals surface area contributed by atoms with Crippen LogP contribution < -0.4 is 0 Å². The van der Waals surface area contributed by atoms with Gasteiger partial charge >= 0.3 is 6.18 Å². The van der Waals surface area contributed by atoms with Crippen molar-refractivity contribution in [3.63, 3.8) is 0 Å². The number of benzene rings is 1. The summed E-state index contributed by atoms with van der Waals surface area (Å²) in [5, 5.41) is 9.87. The molecule has 0 aliphatic carbocycles. The lowest BCUT2D eigenvalue weighted by molar-refractivity contribution is -0.138. The lowest BCUT2D eigenvalue weighted by Crippen LogP contribution is -2.32. The highest BCUT2D eigenvalue weighted by molar-refractivity contribution is 5.92. The summed E-state index contributed by atoms with van der Waals surface area (Å²) in [5.74, 6) is -0.498. The van der Waals surface area contributed by atoms with Gasteiger partial charge in [0.15, 0.2) is 5.76 Å². The molecule has 0 bridgehead atoms. The molecule has 23 heavy (non-hydrogen) atoms. The molecule has 1 aliphatic rings. The number of carbonyl (C=O) groups excluding carboxylic acids is 1. The minimum atomic E-state index is -4.52. The zero-order valence-electron chi connectivity index (χ0n) is 12.0. The van der Waals surface area contributed by atoms with E-state index in [2.05, 4.69) is 0 Å². The SMILES string of the molecule is O=C(c1ccco1)N1C[C@H](O)C[C@@H]1c1ccccc1C(F)(F)F. The highest BCUT2D eigenvalue weighted by Gasteiger charge is 2.42. The highest BCUT2D eigenvalue weighted by Crippen LogP contribution is 2.40. The Morgan fingerprint density at radius 3 is 2.61 bits per heavy atom. The number of rotatable bonds is 2. The molecule has 1 fully saturated rings. The Balaban J connectivity index is 2.00. The van der Waals surface area contributed by atoms with E-state index in [1.54, 1.807) is 0 Å². The Kier molecular flexibility index (Phi) is 3.89. The predicted octanol–water partition coefficient (Wildman–Crippen LogP) is 3.25. The highest BCUT2D eigenvalue weighted by atomic mass is 19.4. The predicted molar refractivity (Wildman–Crippen MR) is 74.6 cm³/mol. The quantitative estimate of drug-likeness (QED) is 0.922. The number of aliphatic hydroxyl groups excluding tert-OH is 1. The van der Waals surface area contributed by atoms with Gasteiger partial charge in [-0.1, -0.05) is 18.2 Å².